The van der Waals surface area contributed by atoms with Crippen LogP contribution in [0.4, 0.5) is 4.39 Å². The van der Waals surface area contributed by atoms with Crippen molar-refractivity contribution in [3.8, 4) is 5.75 Å². The summed E-state index contributed by atoms with van der Waals surface area (Å²) in [6.07, 6.45) is 0. The van der Waals surface area contributed by atoms with Gasteiger partial charge >= 0.3 is 0 Å². The number of carbonyl (C=O) groups is 1. The standard InChI is InChI=1S/C15H20FN3O3.C2H6/c1-15(2,3)14(20)19-4-5-22-12-7-9(13(17)18-21)6-11(16)10(12)8-19;1-2/h6-7,21H,4-5,8H2,1-3H3,(H2,17,18);1-2H3. The van der Waals surface area contributed by atoms with Crippen molar-refractivity contribution < 1.29 is 19.1 Å². The summed E-state index contributed by atoms with van der Waals surface area (Å²) < 4.78 is 19.9. The number of amidine groups is 1. The molecule has 1 aromatic carbocycles. The minimum absolute atomic E-state index is 0.0659. The summed E-state index contributed by atoms with van der Waals surface area (Å²) in [6.45, 7) is 10.2. The molecule has 0 aromatic heterocycles. The molecule has 1 aromatic rings. The van der Waals surface area contributed by atoms with Crippen LogP contribution in [-0.2, 0) is 11.3 Å². The Kier molecular flexibility index (Phi) is 6.57. The van der Waals surface area contributed by atoms with E-state index < -0.39 is 11.2 Å². The molecule has 0 fully saturated rings. The van der Waals surface area contributed by atoms with Crippen molar-refractivity contribution in [2.24, 2.45) is 16.3 Å². The normalized spacial score (nSPS) is 14.8. The molecular formula is C17H26FN3O3. The Labute approximate surface area is 142 Å². The average molecular weight is 339 g/mol. The molecule has 3 N–H and O–H groups in total. The quantitative estimate of drug-likeness (QED) is 0.356. The van der Waals surface area contributed by atoms with Crippen LogP contribution < -0.4 is 10.5 Å². The SMILES string of the molecule is CC.CC(C)(C)C(=O)N1CCOc2cc(/C(N)=N/O)cc(F)c2C1. The Morgan fingerprint density at radius 2 is 2.00 bits per heavy atom. The number of nitrogens with zero attached hydrogens (tertiary/aromatic N) is 2. The average Bonchev–Trinajstić information content (AvgIpc) is 2.77. The molecule has 134 valence electrons. The fourth-order valence-corrected chi connectivity index (χ4v) is 2.28. The molecule has 2 rings (SSSR count). The lowest BCUT2D eigenvalue weighted by atomic mass is 9.94. The maximum atomic E-state index is 14.3. The number of hydrogen-bond donors (Lipinski definition) is 2. The lowest BCUT2D eigenvalue weighted by Gasteiger charge is -2.28. The smallest absolute Gasteiger partial charge is 0.228 e. The Balaban J connectivity index is 0.00000139. The fourth-order valence-electron chi connectivity index (χ4n) is 2.28. The van der Waals surface area contributed by atoms with Gasteiger partial charge in [-0.2, -0.15) is 0 Å². The molecule has 1 aliphatic rings. The number of nitrogens with two attached hydrogens (primary N) is 1. The van der Waals surface area contributed by atoms with Crippen molar-refractivity contribution in [2.45, 2.75) is 41.2 Å². The largest absolute Gasteiger partial charge is 0.491 e. The molecule has 0 aliphatic carbocycles. The van der Waals surface area contributed by atoms with E-state index in [1.54, 1.807) is 4.90 Å². The van der Waals surface area contributed by atoms with Crippen LogP contribution in [0.25, 0.3) is 0 Å². The van der Waals surface area contributed by atoms with Gasteiger partial charge in [0.25, 0.3) is 0 Å². The second kappa shape index (κ2) is 7.99. The lowest BCUT2D eigenvalue weighted by molar-refractivity contribution is -0.140. The van der Waals surface area contributed by atoms with Gasteiger partial charge in [0.1, 0.15) is 18.2 Å². The van der Waals surface area contributed by atoms with Gasteiger partial charge in [-0.25, -0.2) is 4.39 Å². The molecule has 7 heteroatoms. The Morgan fingerprint density at radius 1 is 1.38 bits per heavy atom. The minimum Gasteiger partial charge on any atom is -0.491 e. The monoisotopic (exact) mass is 339 g/mol. The van der Waals surface area contributed by atoms with E-state index in [1.165, 1.54) is 12.1 Å². The molecule has 0 unspecified atom stereocenters. The number of carbonyl (C=O) groups excluding carboxylic acids is 1. The first kappa shape index (κ1) is 19.7. The third-order valence-corrected chi connectivity index (χ3v) is 3.45. The number of fused-ring (bicyclic) bond motifs is 1. The van der Waals surface area contributed by atoms with Crippen LogP contribution in [-0.4, -0.2) is 35.0 Å². The van der Waals surface area contributed by atoms with Crippen LogP contribution in [0.5, 0.6) is 5.75 Å². The zero-order valence-electron chi connectivity index (χ0n) is 14.9. The summed E-state index contributed by atoms with van der Waals surface area (Å²) in [5.74, 6) is -0.500. The van der Waals surface area contributed by atoms with Gasteiger partial charge in [-0.15, -0.1) is 0 Å². The highest BCUT2D eigenvalue weighted by Crippen LogP contribution is 2.29. The molecule has 24 heavy (non-hydrogen) atoms. The third-order valence-electron chi connectivity index (χ3n) is 3.45. The van der Waals surface area contributed by atoms with Crippen LogP contribution in [0.15, 0.2) is 17.3 Å². The Morgan fingerprint density at radius 3 is 2.54 bits per heavy atom. The first-order valence-corrected chi connectivity index (χ1v) is 7.96. The van der Waals surface area contributed by atoms with E-state index in [4.69, 9.17) is 15.7 Å². The number of ether oxygens (including phenoxy) is 1. The summed E-state index contributed by atoms with van der Waals surface area (Å²) >= 11 is 0. The maximum Gasteiger partial charge on any atom is 0.228 e. The lowest BCUT2D eigenvalue weighted by Crippen LogP contribution is -2.40. The predicted octanol–water partition coefficient (Wildman–Crippen LogP) is 2.71. The molecule has 1 amide bonds. The zero-order valence-corrected chi connectivity index (χ0v) is 14.9. The summed E-state index contributed by atoms with van der Waals surface area (Å²) in [6, 6.07) is 2.68. The zero-order chi connectivity index (χ0) is 18.5. The van der Waals surface area contributed by atoms with E-state index in [0.717, 1.165) is 0 Å². The first-order chi connectivity index (χ1) is 11.2. The molecular weight excluding hydrogens is 313 g/mol. The minimum atomic E-state index is -0.548. The van der Waals surface area contributed by atoms with Crippen molar-refractivity contribution in [1.82, 2.24) is 4.90 Å². The number of oxime groups is 1. The second-order valence-corrected chi connectivity index (χ2v) is 6.25. The summed E-state index contributed by atoms with van der Waals surface area (Å²) in [7, 11) is 0. The van der Waals surface area contributed by atoms with Crippen molar-refractivity contribution in [3.05, 3.63) is 29.1 Å². The van der Waals surface area contributed by atoms with E-state index in [-0.39, 0.29) is 30.5 Å². The van der Waals surface area contributed by atoms with Gasteiger partial charge < -0.3 is 20.6 Å². The van der Waals surface area contributed by atoms with Gasteiger partial charge in [-0.3, -0.25) is 4.79 Å². The van der Waals surface area contributed by atoms with E-state index in [0.29, 0.717) is 17.9 Å². The van der Waals surface area contributed by atoms with Crippen LogP contribution >= 0.6 is 0 Å². The number of hydrogen-bond acceptors (Lipinski definition) is 4. The molecule has 0 atom stereocenters. The summed E-state index contributed by atoms with van der Waals surface area (Å²) in [5, 5.41) is 11.5. The topological polar surface area (TPSA) is 88.2 Å². The molecule has 0 saturated carbocycles. The molecule has 6 nitrogen and oxygen atoms in total. The third kappa shape index (κ3) is 4.37. The van der Waals surface area contributed by atoms with Gasteiger partial charge in [0.2, 0.25) is 5.91 Å². The van der Waals surface area contributed by atoms with Crippen LogP contribution in [0.1, 0.15) is 45.7 Å². The number of benzene rings is 1. The van der Waals surface area contributed by atoms with Gasteiger partial charge in [-0.1, -0.05) is 39.8 Å². The van der Waals surface area contributed by atoms with Crippen molar-refractivity contribution in [1.29, 1.82) is 0 Å². The van der Waals surface area contributed by atoms with Gasteiger partial charge in [0, 0.05) is 16.5 Å². The number of amides is 1. The second-order valence-electron chi connectivity index (χ2n) is 6.25. The van der Waals surface area contributed by atoms with Crippen molar-refractivity contribution in [2.75, 3.05) is 13.2 Å². The van der Waals surface area contributed by atoms with Crippen LogP contribution in [0, 0.1) is 11.2 Å². The van der Waals surface area contributed by atoms with E-state index in [9.17, 15) is 9.18 Å². The van der Waals surface area contributed by atoms with Crippen LogP contribution in [0.3, 0.4) is 0 Å². The number of halogens is 1. The highest BCUT2D eigenvalue weighted by Gasteiger charge is 2.30. The Bertz CT molecular complexity index is 624. The van der Waals surface area contributed by atoms with E-state index >= 15 is 0 Å². The van der Waals surface area contributed by atoms with E-state index in [1.807, 2.05) is 34.6 Å². The van der Waals surface area contributed by atoms with Gasteiger partial charge in [0.15, 0.2) is 5.84 Å². The molecule has 1 aliphatic heterocycles. The summed E-state index contributed by atoms with van der Waals surface area (Å²) in [5.41, 5.74) is 5.46. The molecule has 0 radical (unpaired) electrons. The van der Waals surface area contributed by atoms with Crippen LogP contribution in [0.2, 0.25) is 0 Å². The molecule has 0 bridgehead atoms. The highest BCUT2D eigenvalue weighted by molar-refractivity contribution is 5.97. The number of rotatable bonds is 1. The highest BCUT2D eigenvalue weighted by atomic mass is 19.1. The molecule has 1 heterocycles. The van der Waals surface area contributed by atoms with Gasteiger partial charge in [0.05, 0.1) is 13.1 Å². The molecule has 0 saturated heterocycles. The van der Waals surface area contributed by atoms with Crippen molar-refractivity contribution in [3.63, 3.8) is 0 Å². The Hall–Kier alpha value is -2.31. The van der Waals surface area contributed by atoms with E-state index in [2.05, 4.69) is 5.16 Å². The summed E-state index contributed by atoms with van der Waals surface area (Å²) in [4.78, 5) is 14.0. The predicted molar refractivity (Wildman–Crippen MR) is 90.6 cm³/mol. The maximum absolute atomic E-state index is 14.3. The first-order valence-electron chi connectivity index (χ1n) is 7.96. The molecule has 0 spiro atoms. The fraction of sp³-hybridized carbons (Fsp3) is 0.529. The van der Waals surface area contributed by atoms with Gasteiger partial charge in [-0.05, 0) is 12.1 Å². The van der Waals surface area contributed by atoms with Crippen molar-refractivity contribution >= 4 is 11.7 Å².